The first-order valence-corrected chi connectivity index (χ1v) is 3.90. The number of nitrogen functional groups attached to an aromatic ring is 1. The summed E-state index contributed by atoms with van der Waals surface area (Å²) in [7, 11) is 0. The molecule has 7 heteroatoms. The topological polar surface area (TPSA) is 83.3 Å². The maximum Gasteiger partial charge on any atom is 0.288 e. The van der Waals surface area contributed by atoms with Crippen LogP contribution in [0.1, 0.15) is 13.8 Å². The molecule has 0 spiro atoms. The van der Waals surface area contributed by atoms with E-state index < -0.39 is 0 Å². The van der Waals surface area contributed by atoms with Gasteiger partial charge >= 0.3 is 0 Å². The number of aromatic nitrogens is 5. The third-order valence-electron chi connectivity index (χ3n) is 1.44. The molecule has 0 aliphatic rings. The van der Waals surface area contributed by atoms with Gasteiger partial charge in [0.05, 0.1) is 0 Å². The molecule has 0 saturated carbocycles. The number of hydrogen-bond donors (Lipinski definition) is 1. The predicted molar refractivity (Wildman–Crippen MR) is 44.9 cm³/mol. The van der Waals surface area contributed by atoms with Gasteiger partial charge < -0.3 is 10.6 Å². The molecule has 0 aliphatic heterocycles. The molecule has 70 valence electrons. The molecule has 0 amide bonds. The summed E-state index contributed by atoms with van der Waals surface area (Å²) in [6, 6.07) is 0. The van der Waals surface area contributed by atoms with Crippen LogP contribution in [-0.4, -0.2) is 30.6 Å². The van der Waals surface area contributed by atoms with Crippen LogP contribution in [0.15, 0.2) is 6.33 Å². The Bertz CT molecular complexity index is 416. The van der Waals surface area contributed by atoms with Crippen LogP contribution in [-0.2, 0) is 0 Å². The van der Waals surface area contributed by atoms with Crippen molar-refractivity contribution in [3.63, 3.8) is 0 Å². The third-order valence-corrected chi connectivity index (χ3v) is 1.44. The fourth-order valence-corrected chi connectivity index (χ4v) is 0.983. The summed E-state index contributed by atoms with van der Waals surface area (Å²) in [5, 5.41) is 11.4. The van der Waals surface area contributed by atoms with Crippen molar-refractivity contribution >= 4 is 11.7 Å². The minimum atomic E-state index is 0.0518. The van der Waals surface area contributed by atoms with Gasteiger partial charge in [0, 0.05) is 0 Å². The number of hydrogen-bond acceptors (Lipinski definition) is 5. The van der Waals surface area contributed by atoms with Gasteiger partial charge in [-0.3, -0.25) is 0 Å². The second-order valence-electron chi connectivity index (χ2n) is 2.88. The van der Waals surface area contributed by atoms with E-state index in [1.165, 1.54) is 15.6 Å². The lowest BCUT2D eigenvalue weighted by Gasteiger charge is -2.07. The summed E-state index contributed by atoms with van der Waals surface area (Å²) >= 11 is 0. The fourth-order valence-electron chi connectivity index (χ4n) is 0.983. The van der Waals surface area contributed by atoms with Gasteiger partial charge in [0.25, 0.3) is 5.78 Å². The first-order chi connectivity index (χ1) is 6.18. The largest absolute Gasteiger partial charge is 0.407 e. The molecule has 2 rings (SSSR count). The van der Waals surface area contributed by atoms with Gasteiger partial charge in [-0.15, -0.1) is 20.0 Å². The smallest absolute Gasteiger partial charge is 0.288 e. The molecule has 2 aromatic heterocycles. The predicted octanol–water partition coefficient (Wildman–Crippen LogP) is -0.655. The molecule has 2 heterocycles. The molecule has 0 atom stereocenters. The Balaban J connectivity index is 2.46. The monoisotopic (exact) mass is 182 g/mol. The molecule has 0 radical (unpaired) electrons. The highest BCUT2D eigenvalue weighted by Crippen LogP contribution is 2.02. The van der Waals surface area contributed by atoms with E-state index in [0.717, 1.165) is 0 Å². The SMILES string of the molecule is CC(C)On1cnn2c(N)nnc12. The lowest BCUT2D eigenvalue weighted by molar-refractivity contribution is 0.0658. The van der Waals surface area contributed by atoms with Crippen molar-refractivity contribution in [3.05, 3.63) is 6.33 Å². The van der Waals surface area contributed by atoms with Gasteiger partial charge in [0.15, 0.2) is 6.33 Å². The molecule has 0 saturated heterocycles. The van der Waals surface area contributed by atoms with Crippen LogP contribution in [0.2, 0.25) is 0 Å². The second kappa shape index (κ2) is 2.61. The zero-order chi connectivity index (χ0) is 9.42. The number of nitrogens with zero attached hydrogens (tertiary/aromatic N) is 5. The maximum atomic E-state index is 5.48. The van der Waals surface area contributed by atoms with Gasteiger partial charge in [-0.2, -0.15) is 4.52 Å². The van der Waals surface area contributed by atoms with Crippen molar-refractivity contribution in [2.24, 2.45) is 0 Å². The fraction of sp³-hybridized carbons (Fsp3) is 0.500. The van der Waals surface area contributed by atoms with E-state index in [-0.39, 0.29) is 12.1 Å². The summed E-state index contributed by atoms with van der Waals surface area (Å²) in [4.78, 5) is 5.36. The quantitative estimate of drug-likeness (QED) is 0.666. The van der Waals surface area contributed by atoms with E-state index in [4.69, 9.17) is 10.6 Å². The minimum absolute atomic E-state index is 0.0518. The van der Waals surface area contributed by atoms with E-state index >= 15 is 0 Å². The van der Waals surface area contributed by atoms with Crippen LogP contribution in [0.25, 0.3) is 5.78 Å². The van der Waals surface area contributed by atoms with E-state index in [2.05, 4.69) is 15.3 Å². The zero-order valence-electron chi connectivity index (χ0n) is 7.38. The molecule has 0 aromatic carbocycles. The molecule has 13 heavy (non-hydrogen) atoms. The Kier molecular flexibility index (Phi) is 1.57. The Morgan fingerprint density at radius 2 is 2.23 bits per heavy atom. The summed E-state index contributed by atoms with van der Waals surface area (Å²) in [5.41, 5.74) is 5.48. The average molecular weight is 182 g/mol. The van der Waals surface area contributed by atoms with E-state index in [9.17, 15) is 0 Å². The Labute approximate surface area is 74.1 Å². The Morgan fingerprint density at radius 3 is 2.92 bits per heavy atom. The normalized spacial score (nSPS) is 11.3. The first-order valence-electron chi connectivity index (χ1n) is 3.90. The molecule has 2 N–H and O–H groups in total. The Morgan fingerprint density at radius 1 is 1.46 bits per heavy atom. The van der Waals surface area contributed by atoms with Gasteiger partial charge in [0.1, 0.15) is 6.10 Å². The van der Waals surface area contributed by atoms with Crippen LogP contribution < -0.4 is 10.6 Å². The van der Waals surface area contributed by atoms with Crippen LogP contribution in [0.5, 0.6) is 0 Å². The lowest BCUT2D eigenvalue weighted by atomic mass is 10.5. The number of fused-ring (bicyclic) bond motifs is 1. The van der Waals surface area contributed by atoms with Crippen LogP contribution in [0.4, 0.5) is 5.95 Å². The number of anilines is 1. The average Bonchev–Trinajstić information content (AvgIpc) is 2.56. The van der Waals surface area contributed by atoms with Crippen molar-refractivity contribution < 1.29 is 4.84 Å². The van der Waals surface area contributed by atoms with Crippen molar-refractivity contribution in [1.29, 1.82) is 0 Å². The zero-order valence-corrected chi connectivity index (χ0v) is 7.38. The second-order valence-corrected chi connectivity index (χ2v) is 2.88. The molecule has 0 bridgehead atoms. The maximum absolute atomic E-state index is 5.48. The van der Waals surface area contributed by atoms with Crippen molar-refractivity contribution in [1.82, 2.24) is 24.5 Å². The van der Waals surface area contributed by atoms with Gasteiger partial charge in [-0.1, -0.05) is 0 Å². The van der Waals surface area contributed by atoms with Gasteiger partial charge in [-0.25, -0.2) is 0 Å². The molecular formula is C6H10N6O. The van der Waals surface area contributed by atoms with Crippen molar-refractivity contribution in [2.75, 3.05) is 5.73 Å². The first kappa shape index (κ1) is 7.84. The number of nitrogens with two attached hydrogens (primary N) is 1. The van der Waals surface area contributed by atoms with Crippen LogP contribution in [0, 0.1) is 0 Å². The van der Waals surface area contributed by atoms with Crippen LogP contribution >= 0.6 is 0 Å². The van der Waals surface area contributed by atoms with E-state index in [1.54, 1.807) is 0 Å². The molecule has 0 fully saturated rings. The molecule has 7 nitrogen and oxygen atoms in total. The summed E-state index contributed by atoms with van der Waals surface area (Å²) in [6.45, 7) is 3.83. The standard InChI is InChI=1S/C6H10N6O/c1-4(2)13-11-3-8-12-5(7)9-10-6(11)12/h3-4H,1-2H3,(H2,7,9). The highest BCUT2D eigenvalue weighted by molar-refractivity contribution is 5.33. The minimum Gasteiger partial charge on any atom is -0.407 e. The van der Waals surface area contributed by atoms with Crippen molar-refractivity contribution in [2.45, 2.75) is 20.0 Å². The summed E-state index contributed by atoms with van der Waals surface area (Å²) in [6.07, 6.45) is 1.55. The molecule has 0 aliphatic carbocycles. The van der Waals surface area contributed by atoms with Crippen molar-refractivity contribution in [3.8, 4) is 0 Å². The van der Waals surface area contributed by atoms with E-state index in [0.29, 0.717) is 5.78 Å². The highest BCUT2D eigenvalue weighted by Gasteiger charge is 2.09. The molecule has 2 aromatic rings. The highest BCUT2D eigenvalue weighted by atomic mass is 16.7. The lowest BCUT2D eigenvalue weighted by Crippen LogP contribution is -2.18. The third kappa shape index (κ3) is 1.17. The molecule has 0 unspecified atom stereocenters. The summed E-state index contributed by atoms with van der Waals surface area (Å²) in [5.74, 6) is 0.729. The summed E-state index contributed by atoms with van der Waals surface area (Å²) < 4.78 is 2.84. The van der Waals surface area contributed by atoms with Gasteiger partial charge in [-0.05, 0) is 13.8 Å². The molecular weight excluding hydrogens is 172 g/mol. The van der Waals surface area contributed by atoms with Crippen LogP contribution in [0.3, 0.4) is 0 Å². The van der Waals surface area contributed by atoms with Gasteiger partial charge in [0.2, 0.25) is 5.95 Å². The van der Waals surface area contributed by atoms with E-state index in [1.807, 2.05) is 13.8 Å². The number of rotatable bonds is 2. The Hall–Kier alpha value is -1.79.